The number of ether oxygens (including phenoxy) is 1. The minimum absolute atomic E-state index is 0.0626. The topological polar surface area (TPSA) is 46.5 Å². The van der Waals surface area contributed by atoms with E-state index in [0.29, 0.717) is 0 Å². The van der Waals surface area contributed by atoms with Gasteiger partial charge in [0.25, 0.3) is 0 Å². The fourth-order valence-electron chi connectivity index (χ4n) is 1.78. The first kappa shape index (κ1) is 10.5. The minimum atomic E-state index is -0.544. The summed E-state index contributed by atoms with van der Waals surface area (Å²) in [6.07, 6.45) is 1.18. The molecule has 0 spiro atoms. The van der Waals surface area contributed by atoms with Crippen molar-refractivity contribution in [2.24, 2.45) is 11.8 Å². The van der Waals surface area contributed by atoms with Crippen molar-refractivity contribution in [3.05, 3.63) is 0 Å². The molecule has 0 aromatic carbocycles. The lowest BCUT2D eigenvalue weighted by Gasteiger charge is -2.36. The van der Waals surface area contributed by atoms with Crippen LogP contribution < -0.4 is 0 Å². The first-order valence-electron chi connectivity index (χ1n) is 4.96. The van der Waals surface area contributed by atoms with E-state index in [0.717, 1.165) is 12.8 Å². The van der Waals surface area contributed by atoms with E-state index >= 15 is 0 Å². The van der Waals surface area contributed by atoms with Gasteiger partial charge in [0.1, 0.15) is 6.10 Å². The van der Waals surface area contributed by atoms with Gasteiger partial charge >= 0.3 is 5.97 Å². The molecular formula is C10H18O3. The first-order valence-corrected chi connectivity index (χ1v) is 4.96. The molecule has 0 aromatic heterocycles. The molecule has 3 heteroatoms. The van der Waals surface area contributed by atoms with Crippen LogP contribution in [-0.2, 0) is 9.53 Å². The summed E-state index contributed by atoms with van der Waals surface area (Å²) in [6, 6.07) is 0. The second-order valence-electron chi connectivity index (χ2n) is 3.90. The van der Waals surface area contributed by atoms with E-state index in [1.54, 1.807) is 6.92 Å². The van der Waals surface area contributed by atoms with Gasteiger partial charge in [-0.3, -0.25) is 4.79 Å². The maximum atomic E-state index is 11.3. The van der Waals surface area contributed by atoms with Crippen LogP contribution >= 0.6 is 0 Å². The van der Waals surface area contributed by atoms with Crippen LogP contribution in [0.3, 0.4) is 0 Å². The molecular weight excluding hydrogens is 168 g/mol. The Labute approximate surface area is 79.1 Å². The van der Waals surface area contributed by atoms with Gasteiger partial charge in [-0.15, -0.1) is 0 Å². The highest BCUT2D eigenvalue weighted by atomic mass is 16.5. The third-order valence-corrected chi connectivity index (χ3v) is 2.85. The van der Waals surface area contributed by atoms with Crippen molar-refractivity contribution < 1.29 is 14.6 Å². The van der Waals surface area contributed by atoms with Crippen LogP contribution in [0.5, 0.6) is 0 Å². The molecule has 1 saturated heterocycles. The van der Waals surface area contributed by atoms with Crippen molar-refractivity contribution in [3.8, 4) is 0 Å². The largest absolute Gasteiger partial charge is 0.462 e. The average Bonchev–Trinajstić information content (AvgIpc) is 2.11. The van der Waals surface area contributed by atoms with Crippen molar-refractivity contribution in [2.45, 2.75) is 45.8 Å². The molecule has 0 amide bonds. The van der Waals surface area contributed by atoms with Gasteiger partial charge in [-0.2, -0.15) is 0 Å². The summed E-state index contributed by atoms with van der Waals surface area (Å²) in [6.45, 7) is 5.70. The van der Waals surface area contributed by atoms with E-state index in [4.69, 9.17) is 4.74 Å². The van der Waals surface area contributed by atoms with Crippen LogP contribution in [-0.4, -0.2) is 23.3 Å². The first-order chi connectivity index (χ1) is 6.07. The van der Waals surface area contributed by atoms with E-state index in [1.807, 2.05) is 13.8 Å². The zero-order chi connectivity index (χ0) is 10.0. The van der Waals surface area contributed by atoms with Gasteiger partial charge in [-0.1, -0.05) is 20.3 Å². The molecule has 0 aliphatic carbocycles. The molecule has 0 saturated carbocycles. The van der Waals surface area contributed by atoms with Gasteiger partial charge in [-0.25, -0.2) is 0 Å². The predicted octanol–water partition coefficient (Wildman–Crippen LogP) is 1.34. The molecule has 13 heavy (non-hydrogen) atoms. The standard InChI is InChI=1S/C10H18O3/c1-4-5-8-6(2)9(11)7(3)10(12)13-8/h6-9,11H,4-5H2,1-3H3. The van der Waals surface area contributed by atoms with E-state index in [9.17, 15) is 9.90 Å². The summed E-state index contributed by atoms with van der Waals surface area (Å²) in [4.78, 5) is 11.3. The van der Waals surface area contributed by atoms with E-state index in [2.05, 4.69) is 0 Å². The molecule has 4 unspecified atom stereocenters. The van der Waals surface area contributed by atoms with Crippen LogP contribution in [0.4, 0.5) is 0 Å². The van der Waals surface area contributed by atoms with E-state index in [1.165, 1.54) is 0 Å². The summed E-state index contributed by atoms with van der Waals surface area (Å²) in [5, 5.41) is 9.71. The number of cyclic esters (lactones) is 1. The Morgan fingerprint density at radius 2 is 2.08 bits per heavy atom. The molecule has 0 bridgehead atoms. The highest BCUT2D eigenvalue weighted by Gasteiger charge is 2.39. The molecule has 0 radical (unpaired) electrons. The van der Waals surface area contributed by atoms with Crippen LogP contribution in [0, 0.1) is 11.8 Å². The Kier molecular flexibility index (Phi) is 3.31. The maximum Gasteiger partial charge on any atom is 0.311 e. The molecule has 0 aromatic rings. The average molecular weight is 186 g/mol. The fourth-order valence-corrected chi connectivity index (χ4v) is 1.78. The second-order valence-corrected chi connectivity index (χ2v) is 3.90. The number of aliphatic hydroxyl groups is 1. The predicted molar refractivity (Wildman–Crippen MR) is 49.1 cm³/mol. The third-order valence-electron chi connectivity index (χ3n) is 2.85. The van der Waals surface area contributed by atoms with Crippen molar-refractivity contribution in [2.75, 3.05) is 0 Å². The smallest absolute Gasteiger partial charge is 0.311 e. The van der Waals surface area contributed by atoms with Gasteiger partial charge in [0.2, 0.25) is 0 Å². The quantitative estimate of drug-likeness (QED) is 0.662. The number of hydrogen-bond acceptors (Lipinski definition) is 3. The van der Waals surface area contributed by atoms with E-state index in [-0.39, 0.29) is 23.9 Å². The molecule has 76 valence electrons. The Morgan fingerprint density at radius 3 is 2.62 bits per heavy atom. The Morgan fingerprint density at radius 1 is 1.46 bits per heavy atom. The monoisotopic (exact) mass is 186 g/mol. The number of carbonyl (C=O) groups excluding carboxylic acids is 1. The molecule has 4 atom stereocenters. The van der Waals surface area contributed by atoms with Crippen LogP contribution in [0.1, 0.15) is 33.6 Å². The Balaban J connectivity index is 2.64. The Bertz CT molecular complexity index is 191. The highest BCUT2D eigenvalue weighted by molar-refractivity contribution is 5.73. The van der Waals surface area contributed by atoms with Crippen molar-refractivity contribution in [1.29, 1.82) is 0 Å². The summed E-state index contributed by atoms with van der Waals surface area (Å²) in [5.41, 5.74) is 0. The number of hydrogen-bond donors (Lipinski definition) is 1. The lowest BCUT2D eigenvalue weighted by Crippen LogP contribution is -2.46. The number of carbonyl (C=O) groups is 1. The second kappa shape index (κ2) is 4.09. The summed E-state index contributed by atoms with van der Waals surface area (Å²) in [5.74, 6) is -0.570. The SMILES string of the molecule is CCCC1OC(=O)C(C)C(O)C1C. The fraction of sp³-hybridized carbons (Fsp3) is 0.900. The van der Waals surface area contributed by atoms with Crippen molar-refractivity contribution in [3.63, 3.8) is 0 Å². The van der Waals surface area contributed by atoms with Gasteiger partial charge in [0, 0.05) is 5.92 Å². The molecule has 1 rings (SSSR count). The molecule has 1 N–H and O–H groups in total. The van der Waals surface area contributed by atoms with Crippen LogP contribution in [0.15, 0.2) is 0 Å². The van der Waals surface area contributed by atoms with Gasteiger partial charge in [-0.05, 0) is 13.3 Å². The molecule has 1 aliphatic rings. The van der Waals surface area contributed by atoms with Crippen LogP contribution in [0.2, 0.25) is 0 Å². The van der Waals surface area contributed by atoms with Crippen molar-refractivity contribution >= 4 is 5.97 Å². The lowest BCUT2D eigenvalue weighted by molar-refractivity contribution is -0.177. The molecule has 3 nitrogen and oxygen atoms in total. The van der Waals surface area contributed by atoms with Crippen LogP contribution in [0.25, 0.3) is 0 Å². The van der Waals surface area contributed by atoms with Gasteiger partial charge in [0.15, 0.2) is 0 Å². The highest BCUT2D eigenvalue weighted by Crippen LogP contribution is 2.28. The number of aliphatic hydroxyl groups excluding tert-OH is 1. The number of rotatable bonds is 2. The van der Waals surface area contributed by atoms with Gasteiger partial charge in [0.05, 0.1) is 12.0 Å². The van der Waals surface area contributed by atoms with Crippen molar-refractivity contribution in [1.82, 2.24) is 0 Å². The summed E-state index contributed by atoms with van der Waals surface area (Å²) in [7, 11) is 0. The zero-order valence-electron chi connectivity index (χ0n) is 8.49. The molecule has 1 heterocycles. The molecule has 1 fully saturated rings. The Hall–Kier alpha value is -0.570. The lowest BCUT2D eigenvalue weighted by atomic mass is 9.85. The summed E-state index contributed by atoms with van der Waals surface area (Å²) >= 11 is 0. The zero-order valence-corrected chi connectivity index (χ0v) is 8.49. The van der Waals surface area contributed by atoms with Gasteiger partial charge < -0.3 is 9.84 Å². The summed E-state index contributed by atoms with van der Waals surface area (Å²) < 4.78 is 5.22. The molecule has 1 aliphatic heterocycles. The number of esters is 1. The third kappa shape index (κ3) is 2.02. The maximum absolute atomic E-state index is 11.3. The normalized spacial score (nSPS) is 40.2. The van der Waals surface area contributed by atoms with E-state index < -0.39 is 6.10 Å². The minimum Gasteiger partial charge on any atom is -0.462 e.